The van der Waals surface area contributed by atoms with E-state index >= 15 is 0 Å². The van der Waals surface area contributed by atoms with Gasteiger partial charge in [0.1, 0.15) is 0 Å². The third-order valence-corrected chi connectivity index (χ3v) is 5.24. The highest BCUT2D eigenvalue weighted by atomic mass is 15.3. The molecule has 6 nitrogen and oxygen atoms in total. The summed E-state index contributed by atoms with van der Waals surface area (Å²) in [5.74, 6) is 0.479. The van der Waals surface area contributed by atoms with Gasteiger partial charge in [-0.1, -0.05) is 0 Å². The number of hydrogen-bond acceptors (Lipinski definition) is 4. The summed E-state index contributed by atoms with van der Waals surface area (Å²) in [6, 6.07) is 6.51. The van der Waals surface area contributed by atoms with E-state index in [1.807, 2.05) is 35.9 Å². The summed E-state index contributed by atoms with van der Waals surface area (Å²) in [5, 5.41) is 8.59. The van der Waals surface area contributed by atoms with Gasteiger partial charge in [-0.15, -0.1) is 0 Å². The quantitative estimate of drug-likeness (QED) is 0.726. The number of hydrogen-bond donors (Lipinski definition) is 0. The van der Waals surface area contributed by atoms with Crippen LogP contribution in [0, 0.1) is 6.92 Å². The third-order valence-electron chi connectivity index (χ3n) is 5.24. The smallest absolute Gasteiger partial charge is 0.0568 e. The van der Waals surface area contributed by atoms with Crippen LogP contribution in [0.25, 0.3) is 11.1 Å². The van der Waals surface area contributed by atoms with Gasteiger partial charge in [-0.05, 0) is 50.1 Å². The van der Waals surface area contributed by atoms with E-state index in [4.69, 9.17) is 4.98 Å². The highest BCUT2D eigenvalue weighted by Gasteiger charge is 2.23. The molecule has 1 saturated heterocycles. The van der Waals surface area contributed by atoms with Gasteiger partial charge in [0.05, 0.1) is 11.9 Å². The Kier molecular flexibility index (Phi) is 4.59. The molecule has 3 aromatic rings. The minimum Gasteiger partial charge on any atom is -0.297 e. The number of piperidine rings is 1. The Bertz CT molecular complexity index is 893. The molecule has 1 atom stereocenters. The predicted octanol–water partition coefficient (Wildman–Crippen LogP) is 2.90. The number of likely N-dealkylation sites (tertiary alicyclic amines) is 1. The largest absolute Gasteiger partial charge is 0.297 e. The maximum atomic E-state index is 4.87. The maximum absolute atomic E-state index is 4.87. The first-order valence-electron chi connectivity index (χ1n) is 9.25. The highest BCUT2D eigenvalue weighted by molar-refractivity contribution is 5.62. The zero-order chi connectivity index (χ0) is 18.1. The van der Waals surface area contributed by atoms with Crippen LogP contribution in [0.5, 0.6) is 0 Å². The van der Waals surface area contributed by atoms with E-state index in [9.17, 15) is 0 Å². The Balaban J connectivity index is 1.55. The van der Waals surface area contributed by atoms with Gasteiger partial charge in [0.25, 0.3) is 0 Å². The molecule has 3 aromatic heterocycles. The van der Waals surface area contributed by atoms with Crippen LogP contribution in [0.2, 0.25) is 0 Å². The van der Waals surface area contributed by atoms with Crippen LogP contribution in [-0.2, 0) is 20.6 Å². The monoisotopic (exact) mass is 350 g/mol. The van der Waals surface area contributed by atoms with Gasteiger partial charge in [-0.2, -0.15) is 10.2 Å². The molecule has 136 valence electrons. The van der Waals surface area contributed by atoms with Crippen molar-refractivity contribution in [2.24, 2.45) is 14.1 Å². The zero-order valence-electron chi connectivity index (χ0n) is 15.8. The number of pyridine rings is 1. The van der Waals surface area contributed by atoms with Gasteiger partial charge in [0.2, 0.25) is 0 Å². The molecule has 26 heavy (non-hydrogen) atoms. The van der Waals surface area contributed by atoms with Crippen molar-refractivity contribution in [3.8, 4) is 11.1 Å². The zero-order valence-corrected chi connectivity index (χ0v) is 15.8. The number of rotatable bonds is 4. The topological polar surface area (TPSA) is 51.8 Å². The fourth-order valence-electron chi connectivity index (χ4n) is 3.87. The van der Waals surface area contributed by atoms with Crippen LogP contribution >= 0.6 is 0 Å². The minimum absolute atomic E-state index is 0.479. The lowest BCUT2D eigenvalue weighted by atomic mass is 9.92. The van der Waals surface area contributed by atoms with Crippen LogP contribution in [0.3, 0.4) is 0 Å². The van der Waals surface area contributed by atoms with E-state index in [1.54, 1.807) is 0 Å². The van der Waals surface area contributed by atoms with Gasteiger partial charge in [-0.25, -0.2) is 0 Å². The number of nitrogens with zero attached hydrogens (tertiary/aromatic N) is 6. The van der Waals surface area contributed by atoms with Crippen molar-refractivity contribution < 1.29 is 0 Å². The molecule has 0 radical (unpaired) electrons. The average molecular weight is 350 g/mol. The van der Waals surface area contributed by atoms with E-state index in [2.05, 4.69) is 46.4 Å². The lowest BCUT2D eigenvalue weighted by Gasteiger charge is -2.32. The molecule has 1 fully saturated rings. The second kappa shape index (κ2) is 7.03. The van der Waals surface area contributed by atoms with E-state index in [-0.39, 0.29) is 0 Å². The summed E-state index contributed by atoms with van der Waals surface area (Å²) >= 11 is 0. The molecule has 0 aliphatic carbocycles. The normalized spacial score (nSPS) is 18.3. The van der Waals surface area contributed by atoms with Crippen molar-refractivity contribution in [1.82, 2.24) is 29.4 Å². The van der Waals surface area contributed by atoms with Gasteiger partial charge in [0.15, 0.2) is 0 Å². The van der Waals surface area contributed by atoms with Crippen LogP contribution < -0.4 is 0 Å². The van der Waals surface area contributed by atoms with Crippen molar-refractivity contribution in [3.63, 3.8) is 0 Å². The number of aromatic nitrogens is 5. The predicted molar refractivity (Wildman–Crippen MR) is 102 cm³/mol. The van der Waals surface area contributed by atoms with E-state index in [0.29, 0.717) is 5.92 Å². The van der Waals surface area contributed by atoms with Crippen LogP contribution in [-0.4, -0.2) is 42.5 Å². The molecule has 4 heterocycles. The first kappa shape index (κ1) is 17.0. The van der Waals surface area contributed by atoms with E-state index in [1.165, 1.54) is 29.8 Å². The summed E-state index contributed by atoms with van der Waals surface area (Å²) in [4.78, 5) is 7.39. The van der Waals surface area contributed by atoms with Gasteiger partial charge >= 0.3 is 0 Å². The molecule has 0 amide bonds. The van der Waals surface area contributed by atoms with E-state index < -0.39 is 0 Å². The average Bonchev–Trinajstić information content (AvgIpc) is 3.23. The van der Waals surface area contributed by atoms with Crippen LogP contribution in [0.1, 0.15) is 35.8 Å². The molecule has 0 spiro atoms. The van der Waals surface area contributed by atoms with Crippen molar-refractivity contribution in [2.45, 2.75) is 32.2 Å². The van der Waals surface area contributed by atoms with Crippen molar-refractivity contribution in [1.29, 1.82) is 0 Å². The van der Waals surface area contributed by atoms with Gasteiger partial charge in [-0.3, -0.25) is 19.2 Å². The molecular weight excluding hydrogens is 324 g/mol. The van der Waals surface area contributed by atoms with E-state index in [0.717, 1.165) is 30.9 Å². The minimum atomic E-state index is 0.479. The summed E-state index contributed by atoms with van der Waals surface area (Å²) < 4.78 is 3.82. The fraction of sp³-hybridized carbons (Fsp3) is 0.450. The fourth-order valence-corrected chi connectivity index (χ4v) is 3.87. The third kappa shape index (κ3) is 3.55. The molecule has 0 bridgehead atoms. The Morgan fingerprint density at radius 3 is 2.77 bits per heavy atom. The molecule has 6 heteroatoms. The SMILES string of the molecule is Cc1cc(-c2cnn(C)c2)cc(C2CCCN(Cc3ccnn3C)C2)n1. The Morgan fingerprint density at radius 1 is 1.15 bits per heavy atom. The summed E-state index contributed by atoms with van der Waals surface area (Å²) in [6.07, 6.45) is 8.27. The van der Waals surface area contributed by atoms with Gasteiger partial charge < -0.3 is 0 Å². The first-order valence-corrected chi connectivity index (χ1v) is 9.25. The molecule has 1 aliphatic heterocycles. The highest BCUT2D eigenvalue weighted by Crippen LogP contribution is 2.30. The van der Waals surface area contributed by atoms with Crippen molar-refractivity contribution in [2.75, 3.05) is 13.1 Å². The van der Waals surface area contributed by atoms with Gasteiger partial charge in [0, 0.05) is 62.4 Å². The molecule has 0 saturated carbocycles. The molecule has 0 N–H and O–H groups in total. The summed E-state index contributed by atoms with van der Waals surface area (Å²) in [7, 11) is 3.97. The Morgan fingerprint density at radius 2 is 2.04 bits per heavy atom. The lowest BCUT2D eigenvalue weighted by Crippen LogP contribution is -2.34. The molecule has 0 aromatic carbocycles. The summed E-state index contributed by atoms with van der Waals surface area (Å²) in [5.41, 5.74) is 5.91. The standard InChI is InChI=1S/C20H26N6/c1-15-9-17(18-11-22-24(2)12-18)10-20(23-15)16-5-4-8-26(13-16)14-19-6-7-21-25(19)3/h6-7,9-12,16H,4-5,8,13-14H2,1-3H3. The molecule has 4 rings (SSSR count). The first-order chi connectivity index (χ1) is 12.6. The number of aryl methyl sites for hydroxylation is 3. The van der Waals surface area contributed by atoms with Crippen LogP contribution in [0.15, 0.2) is 36.8 Å². The second-order valence-corrected chi connectivity index (χ2v) is 7.35. The molecule has 1 aliphatic rings. The maximum Gasteiger partial charge on any atom is 0.0568 e. The van der Waals surface area contributed by atoms with Crippen molar-refractivity contribution in [3.05, 3.63) is 53.9 Å². The Hall–Kier alpha value is -2.47. The Labute approximate surface area is 154 Å². The van der Waals surface area contributed by atoms with Crippen molar-refractivity contribution >= 4 is 0 Å². The summed E-state index contributed by atoms with van der Waals surface area (Å²) in [6.45, 7) is 5.23. The second-order valence-electron chi connectivity index (χ2n) is 7.35. The van der Waals surface area contributed by atoms with Crippen LogP contribution in [0.4, 0.5) is 0 Å². The lowest BCUT2D eigenvalue weighted by molar-refractivity contribution is 0.194. The molecule has 1 unspecified atom stereocenters. The molecular formula is C20H26N6.